The first-order valence-corrected chi connectivity index (χ1v) is 12.1. The van der Waals surface area contributed by atoms with E-state index in [1.807, 2.05) is 0 Å². The molecule has 0 spiro atoms. The van der Waals surface area contributed by atoms with Gasteiger partial charge in [-0.3, -0.25) is 0 Å². The highest BCUT2D eigenvalue weighted by molar-refractivity contribution is 6.10. The molecule has 0 fully saturated rings. The highest BCUT2D eigenvalue weighted by atomic mass is 14.9. The van der Waals surface area contributed by atoms with E-state index in [-0.39, 0.29) is 11.3 Å². The summed E-state index contributed by atoms with van der Waals surface area (Å²) in [5.74, 6) is 1.13. The Balaban J connectivity index is 1.80. The number of hydrogen-bond acceptors (Lipinski definition) is 2. The van der Waals surface area contributed by atoms with Gasteiger partial charge in [-0.15, -0.1) is 0 Å². The molecule has 0 saturated carbocycles. The minimum absolute atomic E-state index is 0.103. The van der Waals surface area contributed by atoms with Crippen molar-refractivity contribution in [2.75, 3.05) is 0 Å². The summed E-state index contributed by atoms with van der Waals surface area (Å²) in [7, 11) is 0. The van der Waals surface area contributed by atoms with Crippen LogP contribution in [0, 0.1) is 6.92 Å². The van der Waals surface area contributed by atoms with Crippen molar-refractivity contribution in [2.24, 2.45) is 0 Å². The molecular formula is C32H32N2. The molecular weight excluding hydrogens is 412 g/mol. The largest absolute Gasteiger partial charge is 0.232 e. The second kappa shape index (κ2) is 8.36. The molecule has 0 atom stereocenters. The average molecular weight is 445 g/mol. The number of fused-ring (bicyclic) bond motifs is 3. The predicted octanol–water partition coefficient (Wildman–Crippen LogP) is 8.85. The van der Waals surface area contributed by atoms with Crippen LogP contribution in [0.2, 0.25) is 0 Å². The van der Waals surface area contributed by atoms with Crippen LogP contribution < -0.4 is 0 Å². The predicted molar refractivity (Wildman–Crippen MR) is 145 cm³/mol. The molecule has 5 aromatic rings. The van der Waals surface area contributed by atoms with E-state index in [9.17, 15) is 0 Å². The molecule has 0 aliphatic carbocycles. The number of nitrogens with zero attached hydrogens (tertiary/aromatic N) is 2. The third kappa shape index (κ3) is 3.98. The van der Waals surface area contributed by atoms with Crippen molar-refractivity contribution in [1.29, 1.82) is 0 Å². The topological polar surface area (TPSA) is 25.8 Å². The van der Waals surface area contributed by atoms with Gasteiger partial charge >= 0.3 is 0 Å². The van der Waals surface area contributed by atoms with Crippen molar-refractivity contribution < 1.29 is 0 Å². The SMILES string of the molecule is Cc1cc(C(C)(C)C)cc2ccc3c(-c4cccc(-c5ccccc5)c4)nc(C(C)C)nc3c12. The van der Waals surface area contributed by atoms with Gasteiger partial charge in [0.2, 0.25) is 0 Å². The minimum atomic E-state index is 0.103. The van der Waals surface area contributed by atoms with Crippen LogP contribution in [0.1, 0.15) is 57.5 Å². The maximum Gasteiger partial charge on any atom is 0.132 e. The van der Waals surface area contributed by atoms with Crippen molar-refractivity contribution >= 4 is 21.7 Å². The van der Waals surface area contributed by atoms with Crippen LogP contribution in [0.25, 0.3) is 44.1 Å². The summed E-state index contributed by atoms with van der Waals surface area (Å²) in [6, 6.07) is 28.3. The molecule has 0 aliphatic rings. The van der Waals surface area contributed by atoms with Gasteiger partial charge < -0.3 is 0 Å². The Morgan fingerprint density at radius 3 is 2.12 bits per heavy atom. The van der Waals surface area contributed by atoms with Crippen molar-refractivity contribution in [2.45, 2.75) is 52.9 Å². The maximum atomic E-state index is 5.11. The first-order chi connectivity index (χ1) is 16.2. The molecule has 4 aromatic carbocycles. The zero-order valence-electron chi connectivity index (χ0n) is 21.0. The lowest BCUT2D eigenvalue weighted by Gasteiger charge is -2.21. The fourth-order valence-corrected chi connectivity index (χ4v) is 4.67. The van der Waals surface area contributed by atoms with E-state index in [1.54, 1.807) is 0 Å². The zero-order valence-corrected chi connectivity index (χ0v) is 21.0. The number of aryl methyl sites for hydroxylation is 1. The Bertz CT molecular complexity index is 1510. The van der Waals surface area contributed by atoms with E-state index in [0.29, 0.717) is 0 Å². The van der Waals surface area contributed by atoms with Crippen LogP contribution in [0.3, 0.4) is 0 Å². The lowest BCUT2D eigenvalue weighted by molar-refractivity contribution is 0.590. The Hall–Kier alpha value is -3.52. The lowest BCUT2D eigenvalue weighted by Crippen LogP contribution is -2.11. The summed E-state index contributed by atoms with van der Waals surface area (Å²) < 4.78 is 0. The second-order valence-electron chi connectivity index (χ2n) is 10.6. The minimum Gasteiger partial charge on any atom is -0.232 e. The fourth-order valence-electron chi connectivity index (χ4n) is 4.67. The third-order valence-corrected chi connectivity index (χ3v) is 6.62. The van der Waals surface area contributed by atoms with Gasteiger partial charge in [-0.05, 0) is 52.1 Å². The molecule has 0 aliphatic heterocycles. The van der Waals surface area contributed by atoms with Gasteiger partial charge in [0, 0.05) is 22.3 Å². The molecule has 0 saturated heterocycles. The molecule has 0 unspecified atom stereocenters. The van der Waals surface area contributed by atoms with Gasteiger partial charge in [0.05, 0.1) is 11.2 Å². The molecule has 0 amide bonds. The fraction of sp³-hybridized carbons (Fsp3) is 0.250. The zero-order chi connectivity index (χ0) is 24.0. The Morgan fingerprint density at radius 1 is 0.706 bits per heavy atom. The van der Waals surface area contributed by atoms with E-state index < -0.39 is 0 Å². The standard InChI is InChI=1S/C32H32N2/c1-20(2)31-33-29(25-14-10-13-23(18-25)22-11-8-7-9-12-22)27-16-15-24-19-26(32(4,5)6)17-21(3)28(24)30(27)34-31/h7-20H,1-6H3. The lowest BCUT2D eigenvalue weighted by atomic mass is 9.84. The van der Waals surface area contributed by atoms with Gasteiger partial charge in [-0.1, -0.05) is 101 Å². The normalized spacial score (nSPS) is 12.1. The summed E-state index contributed by atoms with van der Waals surface area (Å²) >= 11 is 0. The Labute approximate surface area is 202 Å². The summed E-state index contributed by atoms with van der Waals surface area (Å²) in [6.07, 6.45) is 0. The highest BCUT2D eigenvalue weighted by Crippen LogP contribution is 2.37. The van der Waals surface area contributed by atoms with E-state index >= 15 is 0 Å². The van der Waals surface area contributed by atoms with Crippen LogP contribution in [-0.4, -0.2) is 9.97 Å². The molecule has 1 aromatic heterocycles. The summed E-state index contributed by atoms with van der Waals surface area (Å²) in [5, 5.41) is 3.58. The third-order valence-electron chi connectivity index (χ3n) is 6.62. The van der Waals surface area contributed by atoms with E-state index in [2.05, 4.69) is 120 Å². The number of benzene rings is 4. The smallest absolute Gasteiger partial charge is 0.132 e. The average Bonchev–Trinajstić information content (AvgIpc) is 2.83. The first-order valence-electron chi connectivity index (χ1n) is 12.1. The molecule has 170 valence electrons. The van der Waals surface area contributed by atoms with Gasteiger partial charge in [-0.2, -0.15) is 0 Å². The van der Waals surface area contributed by atoms with Crippen LogP contribution in [0.15, 0.2) is 78.9 Å². The van der Waals surface area contributed by atoms with Gasteiger partial charge in [0.15, 0.2) is 0 Å². The van der Waals surface area contributed by atoms with Gasteiger partial charge in [0.25, 0.3) is 0 Å². The van der Waals surface area contributed by atoms with Crippen LogP contribution in [0.5, 0.6) is 0 Å². The highest BCUT2D eigenvalue weighted by Gasteiger charge is 2.19. The maximum absolute atomic E-state index is 5.11. The molecule has 0 radical (unpaired) electrons. The molecule has 34 heavy (non-hydrogen) atoms. The Kier molecular flexibility index (Phi) is 5.48. The molecule has 0 N–H and O–H groups in total. The number of aromatic nitrogens is 2. The van der Waals surface area contributed by atoms with Crippen LogP contribution in [0.4, 0.5) is 0 Å². The molecule has 2 heteroatoms. The van der Waals surface area contributed by atoms with Crippen molar-refractivity contribution in [3.05, 3.63) is 95.8 Å². The van der Waals surface area contributed by atoms with Crippen LogP contribution in [-0.2, 0) is 5.41 Å². The van der Waals surface area contributed by atoms with E-state index in [4.69, 9.17) is 9.97 Å². The number of rotatable bonds is 3. The molecule has 1 heterocycles. The summed E-state index contributed by atoms with van der Waals surface area (Å²) in [4.78, 5) is 10.2. The molecule has 2 nitrogen and oxygen atoms in total. The molecule has 5 rings (SSSR count). The van der Waals surface area contributed by atoms with Gasteiger partial charge in [-0.25, -0.2) is 9.97 Å². The summed E-state index contributed by atoms with van der Waals surface area (Å²) in [5.41, 5.74) is 8.31. The van der Waals surface area contributed by atoms with Crippen molar-refractivity contribution in [3.63, 3.8) is 0 Å². The summed E-state index contributed by atoms with van der Waals surface area (Å²) in [6.45, 7) is 13.4. The van der Waals surface area contributed by atoms with E-state index in [0.717, 1.165) is 28.0 Å². The van der Waals surface area contributed by atoms with Gasteiger partial charge in [0.1, 0.15) is 5.82 Å². The molecule has 0 bridgehead atoms. The monoisotopic (exact) mass is 444 g/mol. The van der Waals surface area contributed by atoms with Crippen molar-refractivity contribution in [1.82, 2.24) is 9.97 Å². The van der Waals surface area contributed by atoms with E-state index in [1.165, 1.54) is 33.0 Å². The first kappa shape index (κ1) is 22.3. The van der Waals surface area contributed by atoms with Crippen molar-refractivity contribution in [3.8, 4) is 22.4 Å². The number of hydrogen-bond donors (Lipinski definition) is 0. The van der Waals surface area contributed by atoms with Crippen LogP contribution >= 0.6 is 0 Å². The Morgan fingerprint density at radius 2 is 1.41 bits per heavy atom. The second-order valence-corrected chi connectivity index (χ2v) is 10.6. The quantitative estimate of drug-likeness (QED) is 0.260.